The van der Waals surface area contributed by atoms with Crippen molar-refractivity contribution in [1.29, 1.82) is 0 Å². The van der Waals surface area contributed by atoms with Gasteiger partial charge in [-0.2, -0.15) is 5.10 Å². The molecule has 7 nitrogen and oxygen atoms in total. The lowest BCUT2D eigenvalue weighted by Crippen LogP contribution is -2.00. The van der Waals surface area contributed by atoms with Crippen LogP contribution in [0, 0.1) is 13.8 Å². The number of benzene rings is 2. The summed E-state index contributed by atoms with van der Waals surface area (Å²) in [5.74, 6) is 1.53. The van der Waals surface area contributed by atoms with Crippen LogP contribution >= 0.6 is 0 Å². The Morgan fingerprint density at radius 1 is 0.893 bits per heavy atom. The Morgan fingerprint density at radius 3 is 2.46 bits per heavy atom. The lowest BCUT2D eigenvalue weighted by atomic mass is 10.1. The van der Waals surface area contributed by atoms with Gasteiger partial charge in [0.15, 0.2) is 17.1 Å². The third-order valence-corrected chi connectivity index (χ3v) is 5.06. The number of ether oxygens (including phenoxy) is 1. The SMILES string of the molecule is COc1ccc(-c2nnc3c4cnn(-c5ccc(C)c(C)c5)c4ncn23)cc1. The molecule has 0 saturated heterocycles. The first-order valence-electron chi connectivity index (χ1n) is 8.95. The standard InChI is InChI=1S/C21H18N6O/c1-13-4-7-16(10-14(13)2)27-20-18(11-23-27)21-25-24-19(26(21)12-22-20)15-5-8-17(28-3)9-6-15/h4-12H,1-3H3. The van der Waals surface area contributed by atoms with Gasteiger partial charge in [0.1, 0.15) is 12.1 Å². The van der Waals surface area contributed by atoms with Crippen molar-refractivity contribution in [2.45, 2.75) is 13.8 Å². The third kappa shape index (κ3) is 2.44. The van der Waals surface area contributed by atoms with E-state index in [-0.39, 0.29) is 0 Å². The number of nitrogens with zero attached hydrogens (tertiary/aromatic N) is 6. The molecule has 0 unspecified atom stereocenters. The minimum absolute atomic E-state index is 0.728. The first kappa shape index (κ1) is 16.4. The van der Waals surface area contributed by atoms with E-state index in [1.807, 2.05) is 39.4 Å². The summed E-state index contributed by atoms with van der Waals surface area (Å²) in [5.41, 5.74) is 5.86. The molecule has 3 aromatic heterocycles. The van der Waals surface area contributed by atoms with Crippen molar-refractivity contribution >= 4 is 16.7 Å². The molecular weight excluding hydrogens is 352 g/mol. The molecule has 5 aromatic rings. The first-order chi connectivity index (χ1) is 13.7. The molecule has 0 amide bonds. The Labute approximate surface area is 161 Å². The van der Waals surface area contributed by atoms with Gasteiger partial charge in [-0.1, -0.05) is 6.07 Å². The predicted octanol–water partition coefficient (Wildman–Crippen LogP) is 3.76. The maximum atomic E-state index is 5.23. The molecule has 5 rings (SSSR count). The van der Waals surface area contributed by atoms with Crippen molar-refractivity contribution in [3.8, 4) is 22.8 Å². The summed E-state index contributed by atoms with van der Waals surface area (Å²) in [5, 5.41) is 14.2. The van der Waals surface area contributed by atoms with Crippen molar-refractivity contribution in [1.82, 2.24) is 29.4 Å². The van der Waals surface area contributed by atoms with Crippen LogP contribution in [0.1, 0.15) is 11.1 Å². The van der Waals surface area contributed by atoms with E-state index in [0.717, 1.165) is 39.5 Å². The van der Waals surface area contributed by atoms with Gasteiger partial charge in [0.05, 0.1) is 24.4 Å². The molecule has 0 fully saturated rings. The number of hydrogen-bond acceptors (Lipinski definition) is 5. The highest BCUT2D eigenvalue weighted by Gasteiger charge is 2.15. The molecule has 28 heavy (non-hydrogen) atoms. The molecule has 0 aliphatic heterocycles. The topological polar surface area (TPSA) is 70.1 Å². The van der Waals surface area contributed by atoms with Crippen LogP contribution in [0.15, 0.2) is 55.0 Å². The van der Waals surface area contributed by atoms with Crippen molar-refractivity contribution in [2.24, 2.45) is 0 Å². The fourth-order valence-electron chi connectivity index (χ4n) is 3.30. The Kier molecular flexibility index (Phi) is 3.61. The highest BCUT2D eigenvalue weighted by molar-refractivity contribution is 5.90. The summed E-state index contributed by atoms with van der Waals surface area (Å²) in [4.78, 5) is 4.65. The molecule has 0 spiro atoms. The minimum Gasteiger partial charge on any atom is -0.497 e. The Balaban J connectivity index is 1.66. The van der Waals surface area contributed by atoms with Crippen LogP contribution in [0.2, 0.25) is 0 Å². The van der Waals surface area contributed by atoms with Crippen LogP contribution in [-0.2, 0) is 0 Å². The Morgan fingerprint density at radius 2 is 1.71 bits per heavy atom. The second-order valence-corrected chi connectivity index (χ2v) is 6.75. The van der Waals surface area contributed by atoms with Crippen LogP contribution in [0.4, 0.5) is 0 Å². The predicted molar refractivity (Wildman–Crippen MR) is 107 cm³/mol. The van der Waals surface area contributed by atoms with Crippen LogP contribution < -0.4 is 4.74 Å². The van der Waals surface area contributed by atoms with E-state index >= 15 is 0 Å². The monoisotopic (exact) mass is 370 g/mol. The van der Waals surface area contributed by atoms with Gasteiger partial charge in [0.25, 0.3) is 0 Å². The van der Waals surface area contributed by atoms with E-state index in [0.29, 0.717) is 0 Å². The smallest absolute Gasteiger partial charge is 0.175 e. The molecular formula is C21H18N6O. The fraction of sp³-hybridized carbons (Fsp3) is 0.143. The van der Waals surface area contributed by atoms with Gasteiger partial charge in [-0.3, -0.25) is 4.40 Å². The van der Waals surface area contributed by atoms with E-state index in [1.54, 1.807) is 19.6 Å². The quantitative estimate of drug-likeness (QED) is 0.484. The molecule has 0 saturated carbocycles. The van der Waals surface area contributed by atoms with Gasteiger partial charge in [0.2, 0.25) is 0 Å². The van der Waals surface area contributed by atoms with Crippen molar-refractivity contribution in [2.75, 3.05) is 7.11 Å². The second-order valence-electron chi connectivity index (χ2n) is 6.75. The maximum Gasteiger partial charge on any atom is 0.175 e. The van der Waals surface area contributed by atoms with Crippen molar-refractivity contribution in [3.05, 3.63) is 66.1 Å². The molecule has 138 valence electrons. The van der Waals surface area contributed by atoms with Gasteiger partial charge >= 0.3 is 0 Å². The van der Waals surface area contributed by atoms with Crippen LogP contribution in [0.25, 0.3) is 33.8 Å². The minimum atomic E-state index is 0.728. The molecule has 2 aromatic carbocycles. The summed E-state index contributed by atoms with van der Waals surface area (Å²) >= 11 is 0. The van der Waals surface area contributed by atoms with Gasteiger partial charge in [-0.15, -0.1) is 10.2 Å². The largest absolute Gasteiger partial charge is 0.497 e. The van der Waals surface area contributed by atoms with Crippen molar-refractivity contribution < 1.29 is 4.74 Å². The lowest BCUT2D eigenvalue weighted by Gasteiger charge is -2.06. The highest BCUT2D eigenvalue weighted by Crippen LogP contribution is 2.25. The van der Waals surface area contributed by atoms with Crippen LogP contribution in [0.5, 0.6) is 5.75 Å². The lowest BCUT2D eigenvalue weighted by molar-refractivity contribution is 0.415. The molecule has 0 N–H and O–H groups in total. The number of methoxy groups -OCH3 is 1. The average Bonchev–Trinajstić information content (AvgIpc) is 3.34. The summed E-state index contributed by atoms with van der Waals surface area (Å²) in [7, 11) is 1.65. The molecule has 0 atom stereocenters. The van der Waals surface area contributed by atoms with Crippen molar-refractivity contribution in [3.63, 3.8) is 0 Å². The molecule has 0 bridgehead atoms. The summed E-state index contributed by atoms with van der Waals surface area (Å²) in [6.07, 6.45) is 3.54. The third-order valence-electron chi connectivity index (χ3n) is 5.06. The zero-order valence-corrected chi connectivity index (χ0v) is 15.8. The summed E-state index contributed by atoms with van der Waals surface area (Å²) < 4.78 is 8.95. The molecule has 0 radical (unpaired) electrons. The second kappa shape index (κ2) is 6.16. The van der Waals surface area contributed by atoms with Crippen LogP contribution in [-0.4, -0.2) is 36.5 Å². The van der Waals surface area contributed by atoms with Crippen LogP contribution in [0.3, 0.4) is 0 Å². The first-order valence-corrected chi connectivity index (χ1v) is 8.95. The number of fused-ring (bicyclic) bond motifs is 3. The number of aryl methyl sites for hydroxylation is 2. The Hall–Kier alpha value is -3.74. The van der Waals surface area contributed by atoms with Gasteiger partial charge < -0.3 is 4.74 Å². The summed E-state index contributed by atoms with van der Waals surface area (Å²) in [6.45, 7) is 4.19. The summed E-state index contributed by atoms with van der Waals surface area (Å²) in [6, 6.07) is 14.0. The zero-order chi connectivity index (χ0) is 19.3. The highest BCUT2D eigenvalue weighted by atomic mass is 16.5. The molecule has 0 aliphatic carbocycles. The normalized spacial score (nSPS) is 11.4. The van der Waals surface area contributed by atoms with E-state index in [2.05, 4.69) is 46.3 Å². The fourth-order valence-corrected chi connectivity index (χ4v) is 3.30. The molecule has 0 aliphatic rings. The van der Waals surface area contributed by atoms with Gasteiger partial charge in [0, 0.05) is 5.56 Å². The Bertz CT molecular complexity index is 1320. The van der Waals surface area contributed by atoms with E-state index < -0.39 is 0 Å². The van der Waals surface area contributed by atoms with Gasteiger partial charge in [-0.05, 0) is 61.4 Å². The number of rotatable bonds is 3. The van der Waals surface area contributed by atoms with Gasteiger partial charge in [-0.25, -0.2) is 9.67 Å². The van der Waals surface area contributed by atoms with E-state index in [1.165, 1.54) is 11.1 Å². The molecule has 3 heterocycles. The maximum absolute atomic E-state index is 5.23. The number of hydrogen-bond donors (Lipinski definition) is 0. The van der Waals surface area contributed by atoms with E-state index in [4.69, 9.17) is 4.74 Å². The number of aromatic nitrogens is 6. The zero-order valence-electron chi connectivity index (χ0n) is 15.8. The van der Waals surface area contributed by atoms with E-state index in [9.17, 15) is 0 Å². The average molecular weight is 370 g/mol. The molecule has 7 heteroatoms.